The number of hydrogen-bond acceptors (Lipinski definition) is 21. The molecule has 0 aromatic rings. The Hall–Kier alpha value is -8.10. The summed E-state index contributed by atoms with van der Waals surface area (Å²) < 4.78 is 0. The van der Waals surface area contributed by atoms with Gasteiger partial charge in [0.15, 0.2) is 5.96 Å². The van der Waals surface area contributed by atoms with E-state index in [9.17, 15) is 77.6 Å². The smallest absolute Gasteiger partial charge is 0.305 e. The highest BCUT2D eigenvalue weighted by molar-refractivity contribution is 8.76. The number of rotatable bonds is 25. The number of carbonyl (C=O) groups excluding carboxylic acids is 14. The molecule has 0 aromatic heterocycles. The average Bonchev–Trinajstić information content (AvgIpc) is 1.62. The molecule has 0 unspecified atom stereocenters. The molecule has 0 spiro atoms. The van der Waals surface area contributed by atoms with Gasteiger partial charge in [0.05, 0.1) is 25.7 Å². The number of hydrogen-bond donors (Lipinski definition) is 16. The van der Waals surface area contributed by atoms with Crippen molar-refractivity contribution >= 4 is 116 Å². The number of amides is 14. The Balaban J connectivity index is 1.94. The molecule has 0 saturated carbocycles. The number of primary amides is 1. The number of fused-ring (bicyclic) bond motifs is 2. The predicted molar refractivity (Wildman–Crippen MR) is 385 cm³/mol. The van der Waals surface area contributed by atoms with Crippen molar-refractivity contribution in [3.05, 3.63) is 0 Å². The third-order valence-corrected chi connectivity index (χ3v) is 21.6. The lowest BCUT2D eigenvalue weighted by atomic mass is 9.87. The minimum Gasteiger partial charge on any atom is -0.481 e. The summed E-state index contributed by atoms with van der Waals surface area (Å²) in [5, 5.41) is 54.2. The molecular weight excluding hydrogens is 1400 g/mol. The Kier molecular flexibility index (Phi) is 35.3. The van der Waals surface area contributed by atoms with Crippen LogP contribution in [0.3, 0.4) is 0 Å². The third kappa shape index (κ3) is 25.3. The number of aliphatic imine (C=N–C) groups is 1. The van der Waals surface area contributed by atoms with E-state index < -0.39 is 222 Å². The van der Waals surface area contributed by atoms with Gasteiger partial charge in [0.25, 0.3) is 0 Å². The zero-order valence-electron chi connectivity index (χ0n) is 61.5. The van der Waals surface area contributed by atoms with E-state index in [1.54, 1.807) is 62.3 Å². The molecule has 4 fully saturated rings. The van der Waals surface area contributed by atoms with Crippen molar-refractivity contribution < 1.29 is 87.2 Å². The third-order valence-electron chi connectivity index (χ3n) is 19.2. The minimum absolute atomic E-state index is 0.00000935. The fourth-order valence-corrected chi connectivity index (χ4v) is 14.9. The van der Waals surface area contributed by atoms with Gasteiger partial charge in [-0.25, -0.2) is 0 Å². The Morgan fingerprint density at radius 1 is 0.615 bits per heavy atom. The van der Waals surface area contributed by atoms with E-state index in [0.717, 1.165) is 26.5 Å². The number of nitrogens with two attached hydrogens (primary N) is 4. The van der Waals surface area contributed by atoms with Crippen molar-refractivity contribution in [1.82, 2.24) is 67.5 Å². The van der Waals surface area contributed by atoms with Crippen LogP contribution in [-0.2, 0) is 71.9 Å². The largest absolute Gasteiger partial charge is 0.481 e. The lowest BCUT2D eigenvalue weighted by Gasteiger charge is -2.36. The molecule has 17 atom stereocenters. The van der Waals surface area contributed by atoms with Crippen LogP contribution in [0, 0.1) is 23.2 Å². The van der Waals surface area contributed by atoms with Crippen molar-refractivity contribution in [3.63, 3.8) is 0 Å². The van der Waals surface area contributed by atoms with Crippen LogP contribution in [0.2, 0.25) is 0 Å². The average molecular weight is 1510 g/mol. The van der Waals surface area contributed by atoms with Gasteiger partial charge in [-0.3, -0.25) is 76.9 Å². The molecule has 104 heavy (non-hydrogen) atoms. The molecule has 36 nitrogen and oxygen atoms in total. The summed E-state index contributed by atoms with van der Waals surface area (Å²) in [5.74, 6) is -16.9. The molecule has 586 valence electrons. The Labute approximate surface area is 614 Å². The first kappa shape index (κ1) is 88.3. The van der Waals surface area contributed by atoms with Crippen molar-refractivity contribution in [2.75, 3.05) is 57.9 Å². The number of nitrogens with zero attached hydrogens (tertiary/aromatic N) is 5. The van der Waals surface area contributed by atoms with Gasteiger partial charge in [0.1, 0.15) is 78.5 Å². The fourth-order valence-electron chi connectivity index (χ4n) is 12.5. The molecule has 4 aliphatic rings. The Morgan fingerprint density at radius 3 is 1.69 bits per heavy atom. The first-order valence-electron chi connectivity index (χ1n) is 35.6. The number of guanidine groups is 1. The lowest BCUT2D eigenvalue weighted by Crippen LogP contribution is -2.62. The van der Waals surface area contributed by atoms with Gasteiger partial charge in [-0.1, -0.05) is 103 Å². The molecule has 4 heterocycles. The molecule has 4 saturated heterocycles. The lowest BCUT2D eigenvalue weighted by molar-refractivity contribution is -0.149. The Morgan fingerprint density at radius 2 is 1.14 bits per heavy atom. The molecule has 14 amide bonds. The van der Waals surface area contributed by atoms with E-state index in [-0.39, 0.29) is 95.7 Å². The van der Waals surface area contributed by atoms with Crippen LogP contribution in [0.4, 0.5) is 0 Å². The van der Waals surface area contributed by atoms with Gasteiger partial charge >= 0.3 is 5.97 Å². The van der Waals surface area contributed by atoms with Crippen LogP contribution in [0.25, 0.3) is 0 Å². The van der Waals surface area contributed by atoms with Gasteiger partial charge in [-0.15, -0.1) is 0 Å². The second-order valence-corrected chi connectivity index (χ2v) is 31.0. The van der Waals surface area contributed by atoms with Gasteiger partial charge in [0, 0.05) is 44.7 Å². The molecule has 0 aromatic carbocycles. The van der Waals surface area contributed by atoms with Crippen LogP contribution < -0.4 is 70.8 Å². The number of likely N-dealkylation sites (N-methyl/N-ethyl adjacent to an activating group) is 1. The van der Waals surface area contributed by atoms with Crippen molar-refractivity contribution in [3.8, 4) is 0 Å². The van der Waals surface area contributed by atoms with Crippen molar-refractivity contribution in [1.29, 1.82) is 0 Å². The molecule has 38 heteroatoms. The van der Waals surface area contributed by atoms with E-state index in [1.165, 1.54) is 28.7 Å². The zero-order chi connectivity index (χ0) is 78.2. The summed E-state index contributed by atoms with van der Waals surface area (Å²) >= 11 is 0. The number of nitrogens with one attached hydrogen (secondary N) is 9. The fraction of sp³-hybridized carbons (Fsp3) is 0.758. The summed E-state index contributed by atoms with van der Waals surface area (Å²) in [5.41, 5.74) is 21.8. The first-order valence-corrected chi connectivity index (χ1v) is 38.0. The van der Waals surface area contributed by atoms with Crippen LogP contribution in [0.1, 0.15) is 153 Å². The monoisotopic (exact) mass is 1510 g/mol. The SMILES string of the molecule is CC[C@H](C)[C@H](NC(=O)[C@H](C)N)C(=O)N[C@H]1CSSC[C@@H](C(=O)N[C@H](C(=O)N2CCC[C@H]2C(=O)N[C@@H](CC(=O)O)C(N)=O)[C@@H](C)CC)N(C)C(=O)[C@H]([C@@H](C)CC)NC(=O)[C@@H]2CCCN2C(=O)[C@@H]2CCCN2C(=O)[C@H](CC(C)(C)C)NC(=O)[C@H](CO)NC(=O)[C@H](CCCN=C(N)N)NC(=O)[C@H](CO)NC1=O. The number of aliphatic hydroxyl groups is 2. The van der Waals surface area contributed by atoms with E-state index in [2.05, 4.69) is 52.8 Å². The molecule has 0 bridgehead atoms. The number of likely N-dealkylation sites (tertiary alicyclic amines) is 1. The quantitative estimate of drug-likeness (QED) is 0.0177. The summed E-state index contributed by atoms with van der Waals surface area (Å²) in [7, 11) is 3.06. The Bertz CT molecular complexity index is 3100. The number of carboxylic acids is 1. The van der Waals surface area contributed by atoms with Crippen LogP contribution >= 0.6 is 21.6 Å². The van der Waals surface area contributed by atoms with Crippen LogP contribution in [0.5, 0.6) is 0 Å². The maximum Gasteiger partial charge on any atom is 0.305 e. The molecule has 0 aliphatic carbocycles. The minimum atomic E-state index is -1.90. The number of aliphatic hydroxyl groups excluding tert-OH is 2. The van der Waals surface area contributed by atoms with Gasteiger partial charge in [-0.2, -0.15) is 0 Å². The van der Waals surface area contributed by atoms with Crippen LogP contribution in [0.15, 0.2) is 4.99 Å². The summed E-state index contributed by atoms with van der Waals surface area (Å²) in [6.45, 7) is 14.9. The highest BCUT2D eigenvalue weighted by Crippen LogP contribution is 2.31. The highest BCUT2D eigenvalue weighted by atomic mass is 33.1. The summed E-state index contributed by atoms with van der Waals surface area (Å²) in [4.78, 5) is 222. The maximum atomic E-state index is 15.4. The number of carboxylic acid groups (broad SMARTS) is 1. The maximum absolute atomic E-state index is 15.4. The predicted octanol–water partition coefficient (Wildman–Crippen LogP) is -4.54. The van der Waals surface area contributed by atoms with E-state index in [0.29, 0.717) is 19.3 Å². The standard InChI is InChI=1S/C66H112N18O18S2/c1-12-33(4)48(78-52(90)36(7)67)60(98)77-42-31-103-104-32-46(59(97)80-50(35(6)14-3)64(102)83-25-17-20-43(83)57(95)73-38(51(68)89)27-47(87)88)81(11)63(101)49(34(5)13-2)79-58(96)44-21-16-24-82(44)62(100)45-22-18-26-84(45)61(99)39(28-66(8,9)10)74-55(93)41(30-86)75-53(91)37(19-15-23-71-65(69)70)72-54(92)40(29-85)76-56(42)94/h33-46,48-50,85-86H,12-32,67H2,1-11H3,(H2,68,89)(H,72,92)(H,73,95)(H,74,93)(H,75,91)(H,76,94)(H,77,98)(H,78,90)(H,79,96)(H,80,97)(H,87,88)(H4,69,70,71)/t33-,34-,35-,36-,37-,38-,39-,40-,41-,42-,43-,44-,45-,46-,48-,49-,50-/m0/s1. The van der Waals surface area contributed by atoms with Crippen molar-refractivity contribution in [2.45, 2.75) is 237 Å². The molecular formula is C66H112N18O18S2. The van der Waals surface area contributed by atoms with E-state index >= 15 is 9.59 Å². The zero-order valence-corrected chi connectivity index (χ0v) is 63.1. The van der Waals surface area contributed by atoms with Gasteiger partial charge in [-0.05, 0) is 87.9 Å². The van der Waals surface area contributed by atoms with Gasteiger partial charge < -0.3 is 106 Å². The summed E-state index contributed by atoms with van der Waals surface area (Å²) in [6.07, 6.45) is 1.13. The molecule has 4 aliphatic heterocycles. The van der Waals surface area contributed by atoms with E-state index in [4.69, 9.17) is 22.9 Å². The number of carbonyl (C=O) groups is 15. The second-order valence-electron chi connectivity index (χ2n) is 28.5. The first-order chi connectivity index (χ1) is 48.9. The molecule has 20 N–H and O–H groups in total. The number of aliphatic carboxylic acids is 1. The van der Waals surface area contributed by atoms with Crippen molar-refractivity contribution in [2.24, 2.45) is 51.1 Å². The van der Waals surface area contributed by atoms with E-state index in [1.807, 2.05) is 0 Å². The van der Waals surface area contributed by atoms with Gasteiger partial charge in [0.2, 0.25) is 82.7 Å². The molecule has 4 rings (SSSR count). The summed E-state index contributed by atoms with van der Waals surface area (Å²) in [6, 6.07) is -20.2. The highest BCUT2D eigenvalue weighted by Gasteiger charge is 2.48. The topological polar surface area (TPSA) is 554 Å². The normalized spacial score (nSPS) is 26.1. The molecule has 0 radical (unpaired) electrons. The van der Waals surface area contributed by atoms with Crippen LogP contribution in [-0.4, -0.2) is 272 Å². The second kappa shape index (κ2) is 41.6.